The molecular weight excluding hydrogens is 272 g/mol. The first-order chi connectivity index (χ1) is 10.8. The second kappa shape index (κ2) is 5.15. The highest BCUT2D eigenvalue weighted by atomic mass is 16.3. The van der Waals surface area contributed by atoms with E-state index in [9.17, 15) is 4.79 Å². The largest absolute Gasteiger partial charge is 0.465 e. The van der Waals surface area contributed by atoms with E-state index in [2.05, 4.69) is 12.1 Å². The number of hydrogen-bond donors (Lipinski definition) is 0. The zero-order valence-electron chi connectivity index (χ0n) is 11.9. The molecular formula is C20H14O2. The van der Waals surface area contributed by atoms with E-state index in [4.69, 9.17) is 4.42 Å². The molecule has 1 aliphatic rings. The van der Waals surface area contributed by atoms with Gasteiger partial charge in [-0.25, -0.2) is 0 Å². The summed E-state index contributed by atoms with van der Waals surface area (Å²) >= 11 is 0. The third kappa shape index (κ3) is 2.01. The van der Waals surface area contributed by atoms with Crippen LogP contribution in [0.2, 0.25) is 0 Å². The number of fused-ring (bicyclic) bond motifs is 1. The fourth-order valence-corrected chi connectivity index (χ4v) is 3.09. The number of Topliss-reactive ketones (excluding diaryl/α,β-unsaturated/α-hetero) is 1. The van der Waals surface area contributed by atoms with Crippen LogP contribution >= 0.6 is 0 Å². The molecule has 0 radical (unpaired) electrons. The van der Waals surface area contributed by atoms with E-state index in [0.717, 1.165) is 22.3 Å². The Morgan fingerprint density at radius 2 is 1.64 bits per heavy atom. The van der Waals surface area contributed by atoms with Crippen LogP contribution in [0.5, 0.6) is 0 Å². The lowest BCUT2D eigenvalue weighted by atomic mass is 9.89. The summed E-state index contributed by atoms with van der Waals surface area (Å²) in [6.07, 6.45) is 3.48. The van der Waals surface area contributed by atoms with E-state index in [0.29, 0.717) is 5.76 Å². The number of benzene rings is 2. The summed E-state index contributed by atoms with van der Waals surface area (Å²) in [4.78, 5) is 12.8. The fraction of sp³-hybridized carbons (Fsp3) is 0.0500. The molecule has 0 saturated carbocycles. The van der Waals surface area contributed by atoms with Gasteiger partial charge < -0.3 is 4.42 Å². The van der Waals surface area contributed by atoms with E-state index in [1.807, 2.05) is 60.7 Å². The number of hydrogen-bond acceptors (Lipinski definition) is 2. The van der Waals surface area contributed by atoms with Gasteiger partial charge in [0.25, 0.3) is 0 Å². The van der Waals surface area contributed by atoms with E-state index >= 15 is 0 Å². The molecule has 1 unspecified atom stereocenters. The molecule has 0 aliphatic heterocycles. The Morgan fingerprint density at radius 1 is 0.864 bits per heavy atom. The van der Waals surface area contributed by atoms with Gasteiger partial charge >= 0.3 is 0 Å². The minimum Gasteiger partial charge on any atom is -0.465 e. The predicted octanol–water partition coefficient (Wildman–Crippen LogP) is 4.69. The Balaban J connectivity index is 1.92. The second-order valence-electron chi connectivity index (χ2n) is 5.38. The zero-order valence-corrected chi connectivity index (χ0v) is 11.9. The lowest BCUT2D eigenvalue weighted by Crippen LogP contribution is -2.02. The first kappa shape index (κ1) is 12.8. The van der Waals surface area contributed by atoms with Crippen LogP contribution < -0.4 is 0 Å². The van der Waals surface area contributed by atoms with Gasteiger partial charge in [-0.05, 0) is 29.3 Å². The Morgan fingerprint density at radius 3 is 2.41 bits per heavy atom. The maximum absolute atomic E-state index is 12.8. The number of carbonyl (C=O) groups excluding carboxylic acids is 1. The summed E-state index contributed by atoms with van der Waals surface area (Å²) in [5.74, 6) is 0.757. The van der Waals surface area contributed by atoms with Gasteiger partial charge in [0.2, 0.25) is 0 Å². The Kier molecular flexibility index (Phi) is 3.01. The molecule has 1 aliphatic carbocycles. The van der Waals surface area contributed by atoms with E-state index in [-0.39, 0.29) is 11.7 Å². The third-order valence-corrected chi connectivity index (χ3v) is 4.06. The van der Waals surface area contributed by atoms with Crippen molar-refractivity contribution in [2.75, 3.05) is 0 Å². The first-order valence-electron chi connectivity index (χ1n) is 7.28. The van der Waals surface area contributed by atoms with Crippen LogP contribution in [0.25, 0.3) is 6.08 Å². The van der Waals surface area contributed by atoms with Crippen molar-refractivity contribution >= 4 is 11.9 Å². The van der Waals surface area contributed by atoms with Crippen molar-refractivity contribution < 1.29 is 9.21 Å². The van der Waals surface area contributed by atoms with Crippen LogP contribution in [-0.2, 0) is 0 Å². The lowest BCUT2D eigenvalue weighted by molar-refractivity contribution is 0.103. The van der Waals surface area contributed by atoms with Crippen LogP contribution in [0.3, 0.4) is 0 Å². The van der Waals surface area contributed by atoms with Crippen molar-refractivity contribution in [3.63, 3.8) is 0 Å². The average molecular weight is 286 g/mol. The monoisotopic (exact) mass is 286 g/mol. The molecule has 22 heavy (non-hydrogen) atoms. The second-order valence-corrected chi connectivity index (χ2v) is 5.38. The smallest absolute Gasteiger partial charge is 0.190 e. The normalized spacial score (nSPS) is 18.6. The molecule has 106 valence electrons. The van der Waals surface area contributed by atoms with Crippen molar-refractivity contribution in [2.24, 2.45) is 0 Å². The molecule has 0 amide bonds. The molecule has 1 aromatic heterocycles. The number of furan rings is 1. The van der Waals surface area contributed by atoms with Crippen LogP contribution in [-0.4, -0.2) is 5.78 Å². The topological polar surface area (TPSA) is 30.2 Å². The van der Waals surface area contributed by atoms with Gasteiger partial charge in [-0.3, -0.25) is 4.79 Å². The van der Waals surface area contributed by atoms with Gasteiger partial charge in [-0.2, -0.15) is 0 Å². The van der Waals surface area contributed by atoms with Gasteiger partial charge in [0.1, 0.15) is 5.76 Å². The molecule has 0 fully saturated rings. The summed E-state index contributed by atoms with van der Waals surface area (Å²) in [5, 5.41) is 0. The highest BCUT2D eigenvalue weighted by Gasteiger charge is 2.35. The first-order valence-corrected chi connectivity index (χ1v) is 7.28. The molecule has 0 spiro atoms. The van der Waals surface area contributed by atoms with Gasteiger partial charge in [-0.15, -0.1) is 0 Å². The van der Waals surface area contributed by atoms with Crippen molar-refractivity contribution in [3.8, 4) is 0 Å². The maximum atomic E-state index is 12.8. The van der Waals surface area contributed by atoms with Gasteiger partial charge in [0.15, 0.2) is 5.78 Å². The van der Waals surface area contributed by atoms with Crippen LogP contribution in [0.4, 0.5) is 0 Å². The maximum Gasteiger partial charge on any atom is 0.190 e. The quantitative estimate of drug-likeness (QED) is 0.640. The predicted molar refractivity (Wildman–Crippen MR) is 85.7 cm³/mol. The number of carbonyl (C=O) groups is 1. The summed E-state index contributed by atoms with van der Waals surface area (Å²) < 4.78 is 5.40. The van der Waals surface area contributed by atoms with E-state index < -0.39 is 0 Å². The minimum atomic E-state index is -0.0324. The highest BCUT2D eigenvalue weighted by Crippen LogP contribution is 2.42. The summed E-state index contributed by atoms with van der Waals surface area (Å²) in [6, 6.07) is 21.7. The minimum absolute atomic E-state index is 0.0324. The molecule has 2 heteroatoms. The summed E-state index contributed by atoms with van der Waals surface area (Å²) in [7, 11) is 0. The molecule has 3 aromatic rings. The Labute approximate surface area is 128 Å². The van der Waals surface area contributed by atoms with Crippen LogP contribution in [0.15, 0.2) is 83.0 Å². The molecule has 0 N–H and O–H groups in total. The lowest BCUT2D eigenvalue weighted by Gasteiger charge is -2.13. The SMILES string of the molecule is O=C1C(=Cc2ccco2)C(c2ccccc2)c2ccccc21. The summed E-state index contributed by atoms with van der Waals surface area (Å²) in [5.41, 5.74) is 3.74. The molecule has 1 atom stereocenters. The van der Waals surface area contributed by atoms with Crippen molar-refractivity contribution in [3.05, 3.63) is 101 Å². The van der Waals surface area contributed by atoms with Crippen LogP contribution in [0, 0.1) is 0 Å². The molecule has 1 heterocycles. The third-order valence-electron chi connectivity index (χ3n) is 4.06. The van der Waals surface area contributed by atoms with Crippen molar-refractivity contribution in [1.29, 1.82) is 0 Å². The van der Waals surface area contributed by atoms with Gasteiger partial charge in [-0.1, -0.05) is 54.6 Å². The molecule has 2 nitrogen and oxygen atoms in total. The van der Waals surface area contributed by atoms with Gasteiger partial charge in [0.05, 0.1) is 6.26 Å². The van der Waals surface area contributed by atoms with Gasteiger partial charge in [0, 0.05) is 17.1 Å². The number of allylic oxidation sites excluding steroid dienone is 1. The van der Waals surface area contributed by atoms with Crippen LogP contribution in [0.1, 0.15) is 33.2 Å². The number of rotatable bonds is 2. The zero-order chi connectivity index (χ0) is 14.9. The standard InChI is InChI=1S/C20H14O2/c21-20-17-11-5-4-10-16(17)19(14-7-2-1-3-8-14)18(20)13-15-9-6-12-22-15/h1-13,19H. The highest BCUT2D eigenvalue weighted by molar-refractivity contribution is 6.17. The molecule has 0 bridgehead atoms. The summed E-state index contributed by atoms with van der Waals surface area (Å²) in [6.45, 7) is 0. The average Bonchev–Trinajstić information content (AvgIpc) is 3.17. The molecule has 4 rings (SSSR count). The van der Waals surface area contributed by atoms with E-state index in [1.54, 1.807) is 6.26 Å². The van der Waals surface area contributed by atoms with Crippen molar-refractivity contribution in [1.82, 2.24) is 0 Å². The molecule has 2 aromatic carbocycles. The van der Waals surface area contributed by atoms with E-state index in [1.165, 1.54) is 0 Å². The number of ketones is 1. The molecule has 0 saturated heterocycles. The fourth-order valence-electron chi connectivity index (χ4n) is 3.09. The Hall–Kier alpha value is -2.87. The Bertz CT molecular complexity index is 842. The van der Waals surface area contributed by atoms with Crippen molar-refractivity contribution in [2.45, 2.75) is 5.92 Å².